The molecule has 0 bridgehead atoms. The molecule has 0 saturated heterocycles. The molecule has 0 aromatic carbocycles. The first-order valence-electron chi connectivity index (χ1n) is 7.19. The lowest BCUT2D eigenvalue weighted by molar-refractivity contribution is 0.268. The summed E-state index contributed by atoms with van der Waals surface area (Å²) < 4.78 is 23.8. The van der Waals surface area contributed by atoms with Crippen LogP contribution in [-0.2, 0) is 9.84 Å². The fraction of sp³-hybridized carbons (Fsp3) is 1.00. The number of hydrogen-bond donors (Lipinski definition) is 1. The molecule has 0 aliphatic rings. The van der Waals surface area contributed by atoms with Crippen molar-refractivity contribution in [2.24, 2.45) is 5.41 Å². The Morgan fingerprint density at radius 3 is 2.17 bits per heavy atom. The quantitative estimate of drug-likeness (QED) is 0.624. The van der Waals surface area contributed by atoms with Gasteiger partial charge in [0.1, 0.15) is 0 Å². The Hall–Kier alpha value is -0.0900. The molecule has 0 fully saturated rings. The van der Waals surface area contributed by atoms with Crippen LogP contribution in [0.3, 0.4) is 0 Å². The van der Waals surface area contributed by atoms with Crippen molar-refractivity contribution in [2.75, 3.05) is 18.8 Å². The second kappa shape index (κ2) is 8.16. The first-order chi connectivity index (χ1) is 8.27. The van der Waals surface area contributed by atoms with Crippen LogP contribution in [0.5, 0.6) is 0 Å². The highest BCUT2D eigenvalue weighted by molar-refractivity contribution is 7.91. The predicted molar refractivity (Wildman–Crippen MR) is 79.7 cm³/mol. The molecule has 1 N–H and O–H groups in total. The molecule has 0 aliphatic carbocycles. The van der Waals surface area contributed by atoms with Crippen LogP contribution in [0.2, 0.25) is 0 Å². The minimum atomic E-state index is -2.91. The van der Waals surface area contributed by atoms with Crippen LogP contribution < -0.4 is 5.32 Å². The van der Waals surface area contributed by atoms with Crippen LogP contribution in [0.1, 0.15) is 60.3 Å². The summed E-state index contributed by atoms with van der Waals surface area (Å²) in [5, 5.41) is 3.17. The summed E-state index contributed by atoms with van der Waals surface area (Å²) >= 11 is 0. The third-order valence-electron chi connectivity index (χ3n) is 3.54. The number of sulfone groups is 1. The summed E-state index contributed by atoms with van der Waals surface area (Å²) in [6.45, 7) is 12.0. The SMILES string of the molecule is CCCNCC(C)(CCC)CCS(=O)(=O)C(C)C. The van der Waals surface area contributed by atoms with Crippen molar-refractivity contribution in [3.05, 3.63) is 0 Å². The lowest BCUT2D eigenvalue weighted by atomic mass is 9.83. The Morgan fingerprint density at radius 2 is 1.72 bits per heavy atom. The zero-order valence-electron chi connectivity index (χ0n) is 12.8. The van der Waals surface area contributed by atoms with Crippen molar-refractivity contribution in [2.45, 2.75) is 65.6 Å². The van der Waals surface area contributed by atoms with Gasteiger partial charge in [0.2, 0.25) is 0 Å². The van der Waals surface area contributed by atoms with E-state index < -0.39 is 9.84 Å². The summed E-state index contributed by atoms with van der Waals surface area (Å²) in [6.07, 6.45) is 4.06. The lowest BCUT2D eigenvalue weighted by Gasteiger charge is -2.30. The van der Waals surface area contributed by atoms with Gasteiger partial charge < -0.3 is 5.32 Å². The van der Waals surface area contributed by atoms with E-state index in [-0.39, 0.29) is 10.7 Å². The molecule has 4 heteroatoms. The number of hydrogen-bond acceptors (Lipinski definition) is 3. The average molecular weight is 277 g/mol. The molecule has 0 aliphatic heterocycles. The van der Waals surface area contributed by atoms with Gasteiger partial charge in [-0.05, 0) is 45.1 Å². The van der Waals surface area contributed by atoms with E-state index in [2.05, 4.69) is 26.1 Å². The highest BCUT2D eigenvalue weighted by Gasteiger charge is 2.26. The second-order valence-corrected chi connectivity index (χ2v) is 8.58. The van der Waals surface area contributed by atoms with Crippen molar-refractivity contribution < 1.29 is 8.42 Å². The van der Waals surface area contributed by atoms with Gasteiger partial charge in [-0.2, -0.15) is 0 Å². The first-order valence-corrected chi connectivity index (χ1v) is 8.91. The zero-order chi connectivity index (χ0) is 14.2. The van der Waals surface area contributed by atoms with Crippen LogP contribution in [0.15, 0.2) is 0 Å². The van der Waals surface area contributed by atoms with E-state index in [1.165, 1.54) is 0 Å². The van der Waals surface area contributed by atoms with Crippen LogP contribution in [0.4, 0.5) is 0 Å². The van der Waals surface area contributed by atoms with Gasteiger partial charge in [-0.25, -0.2) is 8.42 Å². The molecule has 0 aromatic heterocycles. The highest BCUT2D eigenvalue weighted by Crippen LogP contribution is 2.28. The van der Waals surface area contributed by atoms with E-state index >= 15 is 0 Å². The molecule has 1 unspecified atom stereocenters. The molecule has 0 heterocycles. The average Bonchev–Trinajstić information content (AvgIpc) is 2.27. The number of nitrogens with one attached hydrogen (secondary N) is 1. The van der Waals surface area contributed by atoms with Gasteiger partial charge in [0.15, 0.2) is 9.84 Å². The summed E-state index contributed by atoms with van der Waals surface area (Å²) in [5.74, 6) is 0.314. The van der Waals surface area contributed by atoms with E-state index in [1.807, 2.05) is 0 Å². The Balaban J connectivity index is 4.42. The Morgan fingerprint density at radius 1 is 1.11 bits per heavy atom. The maximum Gasteiger partial charge on any atom is 0.152 e. The van der Waals surface area contributed by atoms with Gasteiger partial charge in [0.05, 0.1) is 11.0 Å². The molecule has 1 atom stereocenters. The molecular formula is C14H31NO2S. The summed E-state index contributed by atoms with van der Waals surface area (Å²) in [4.78, 5) is 0. The van der Waals surface area contributed by atoms with E-state index in [9.17, 15) is 8.42 Å². The molecule has 0 radical (unpaired) electrons. The van der Waals surface area contributed by atoms with Gasteiger partial charge in [0.25, 0.3) is 0 Å². The van der Waals surface area contributed by atoms with Crippen molar-refractivity contribution >= 4 is 9.84 Å². The van der Waals surface area contributed by atoms with Gasteiger partial charge in [0, 0.05) is 6.54 Å². The fourth-order valence-electron chi connectivity index (χ4n) is 2.10. The highest BCUT2D eigenvalue weighted by atomic mass is 32.2. The smallest absolute Gasteiger partial charge is 0.152 e. The molecule has 0 amide bonds. The fourth-order valence-corrected chi connectivity index (χ4v) is 3.35. The Labute approximate surface area is 114 Å². The largest absolute Gasteiger partial charge is 0.316 e. The van der Waals surface area contributed by atoms with E-state index in [0.29, 0.717) is 5.75 Å². The molecule has 0 spiro atoms. The summed E-state index contributed by atoms with van der Waals surface area (Å²) in [7, 11) is -2.91. The van der Waals surface area contributed by atoms with Crippen LogP contribution in [-0.4, -0.2) is 32.5 Å². The van der Waals surface area contributed by atoms with E-state index in [4.69, 9.17) is 0 Å². The van der Waals surface area contributed by atoms with Crippen molar-refractivity contribution in [3.8, 4) is 0 Å². The second-order valence-electron chi connectivity index (χ2n) is 5.90. The Kier molecular flexibility index (Phi) is 8.11. The van der Waals surface area contributed by atoms with Crippen LogP contribution >= 0.6 is 0 Å². The number of rotatable bonds is 10. The van der Waals surface area contributed by atoms with E-state index in [1.54, 1.807) is 13.8 Å². The first kappa shape index (κ1) is 17.9. The topological polar surface area (TPSA) is 46.2 Å². The standard InChI is InChI=1S/C14H31NO2S/c1-6-8-14(5,12-15-10-7-2)9-11-18(16,17)13(3)4/h13,15H,6-12H2,1-5H3. The predicted octanol–water partition coefficient (Wildman–Crippen LogP) is 3.01. The monoisotopic (exact) mass is 277 g/mol. The molecular weight excluding hydrogens is 246 g/mol. The molecule has 0 rings (SSSR count). The van der Waals surface area contributed by atoms with Crippen LogP contribution in [0.25, 0.3) is 0 Å². The molecule has 3 nitrogen and oxygen atoms in total. The third kappa shape index (κ3) is 6.74. The molecule has 0 saturated carbocycles. The van der Waals surface area contributed by atoms with Gasteiger partial charge in [-0.15, -0.1) is 0 Å². The minimum Gasteiger partial charge on any atom is -0.316 e. The minimum absolute atomic E-state index is 0.103. The Bertz CT molecular complexity index is 312. The summed E-state index contributed by atoms with van der Waals surface area (Å²) in [5.41, 5.74) is 0.103. The van der Waals surface area contributed by atoms with Crippen molar-refractivity contribution in [1.82, 2.24) is 5.32 Å². The summed E-state index contributed by atoms with van der Waals surface area (Å²) in [6, 6.07) is 0. The molecule has 18 heavy (non-hydrogen) atoms. The molecule has 110 valence electrons. The molecule has 0 aromatic rings. The normalized spacial score (nSPS) is 15.9. The zero-order valence-corrected chi connectivity index (χ0v) is 13.6. The third-order valence-corrected chi connectivity index (χ3v) is 5.75. The lowest BCUT2D eigenvalue weighted by Crippen LogP contribution is -2.34. The van der Waals surface area contributed by atoms with Gasteiger partial charge in [-0.1, -0.05) is 27.2 Å². The van der Waals surface area contributed by atoms with E-state index in [0.717, 1.165) is 38.8 Å². The van der Waals surface area contributed by atoms with Gasteiger partial charge >= 0.3 is 0 Å². The van der Waals surface area contributed by atoms with Crippen molar-refractivity contribution in [1.29, 1.82) is 0 Å². The van der Waals surface area contributed by atoms with Gasteiger partial charge in [-0.3, -0.25) is 0 Å². The maximum atomic E-state index is 11.9. The van der Waals surface area contributed by atoms with Crippen LogP contribution in [0, 0.1) is 5.41 Å². The maximum absolute atomic E-state index is 11.9. The van der Waals surface area contributed by atoms with Crippen molar-refractivity contribution in [3.63, 3.8) is 0 Å².